The first-order valence-corrected chi connectivity index (χ1v) is 9.42. The summed E-state index contributed by atoms with van der Waals surface area (Å²) >= 11 is 0. The van der Waals surface area contributed by atoms with Gasteiger partial charge in [-0.25, -0.2) is 4.68 Å². The molecule has 0 saturated carbocycles. The number of carbonyl (C=O) groups excluding carboxylic acids is 1. The number of benzene rings is 3. The molecule has 4 heteroatoms. The van der Waals surface area contributed by atoms with Crippen molar-refractivity contribution in [2.75, 3.05) is 11.4 Å². The average molecular weight is 365 g/mol. The highest BCUT2D eigenvalue weighted by molar-refractivity contribution is 6.07. The van der Waals surface area contributed by atoms with E-state index in [1.807, 2.05) is 89.8 Å². The molecule has 1 amide bonds. The van der Waals surface area contributed by atoms with E-state index in [1.165, 1.54) is 5.56 Å². The van der Waals surface area contributed by atoms with Gasteiger partial charge in [0.1, 0.15) is 5.69 Å². The monoisotopic (exact) mass is 365 g/mol. The molecule has 0 saturated heterocycles. The van der Waals surface area contributed by atoms with E-state index >= 15 is 0 Å². The quantitative estimate of drug-likeness (QED) is 0.526. The van der Waals surface area contributed by atoms with Crippen molar-refractivity contribution in [3.8, 4) is 16.9 Å². The van der Waals surface area contributed by atoms with Crippen molar-refractivity contribution in [1.29, 1.82) is 0 Å². The van der Waals surface area contributed by atoms with Crippen LogP contribution in [0.1, 0.15) is 16.1 Å². The maximum atomic E-state index is 13.5. The fourth-order valence-electron chi connectivity index (χ4n) is 3.74. The smallest absolute Gasteiger partial charge is 0.277 e. The molecule has 0 atom stereocenters. The van der Waals surface area contributed by atoms with Crippen LogP contribution >= 0.6 is 0 Å². The van der Waals surface area contributed by atoms with Crippen molar-refractivity contribution in [3.63, 3.8) is 0 Å². The number of hydrogen-bond acceptors (Lipinski definition) is 2. The molecule has 5 rings (SSSR count). The Morgan fingerprint density at radius 2 is 1.50 bits per heavy atom. The molecule has 1 aliphatic rings. The zero-order valence-electron chi connectivity index (χ0n) is 15.3. The van der Waals surface area contributed by atoms with Crippen molar-refractivity contribution in [1.82, 2.24) is 9.78 Å². The van der Waals surface area contributed by atoms with Gasteiger partial charge in [-0.2, -0.15) is 5.10 Å². The zero-order valence-corrected chi connectivity index (χ0v) is 15.3. The van der Waals surface area contributed by atoms with Crippen LogP contribution in [0.4, 0.5) is 5.69 Å². The number of fused-ring (bicyclic) bond motifs is 1. The lowest BCUT2D eigenvalue weighted by atomic mass is 10.1. The van der Waals surface area contributed by atoms with Crippen LogP contribution in [0.3, 0.4) is 0 Å². The molecule has 136 valence electrons. The summed E-state index contributed by atoms with van der Waals surface area (Å²) in [5.74, 6) is -0.0246. The summed E-state index contributed by atoms with van der Waals surface area (Å²) in [6, 6.07) is 29.8. The fraction of sp³-hybridized carbons (Fsp3) is 0.0833. The Labute approximate surface area is 163 Å². The standard InChI is InChI=1S/C24H19N3O/c28-24(26-16-15-19-11-7-8-14-22(19)26)23-17-21(18-9-3-1-4-10-18)25-27(23)20-12-5-2-6-13-20/h1-14,17H,15-16H2. The van der Waals surface area contributed by atoms with E-state index in [1.54, 1.807) is 4.68 Å². The second-order valence-electron chi connectivity index (χ2n) is 6.86. The summed E-state index contributed by atoms with van der Waals surface area (Å²) in [7, 11) is 0. The van der Waals surface area contributed by atoms with Gasteiger partial charge in [0.05, 0.1) is 11.4 Å². The summed E-state index contributed by atoms with van der Waals surface area (Å²) in [5.41, 5.74) is 5.44. The molecule has 1 aliphatic heterocycles. The van der Waals surface area contributed by atoms with Crippen molar-refractivity contribution in [3.05, 3.63) is 102 Å². The Bertz CT molecular complexity index is 1130. The van der Waals surface area contributed by atoms with Crippen molar-refractivity contribution >= 4 is 11.6 Å². The first-order valence-electron chi connectivity index (χ1n) is 9.42. The van der Waals surface area contributed by atoms with Crippen molar-refractivity contribution in [2.45, 2.75) is 6.42 Å². The van der Waals surface area contributed by atoms with E-state index < -0.39 is 0 Å². The zero-order chi connectivity index (χ0) is 18.9. The molecule has 0 N–H and O–H groups in total. The third-order valence-corrected chi connectivity index (χ3v) is 5.13. The van der Waals surface area contributed by atoms with Crippen LogP contribution in [-0.4, -0.2) is 22.2 Å². The lowest BCUT2D eigenvalue weighted by Crippen LogP contribution is -2.30. The highest BCUT2D eigenvalue weighted by Gasteiger charge is 2.28. The lowest BCUT2D eigenvalue weighted by molar-refractivity contribution is 0.0982. The normalized spacial score (nSPS) is 12.8. The van der Waals surface area contributed by atoms with Crippen LogP contribution in [0.5, 0.6) is 0 Å². The van der Waals surface area contributed by atoms with E-state index in [0.29, 0.717) is 12.2 Å². The number of carbonyl (C=O) groups is 1. The van der Waals surface area contributed by atoms with Crippen LogP contribution in [0.15, 0.2) is 91.0 Å². The topological polar surface area (TPSA) is 38.1 Å². The predicted molar refractivity (Wildman–Crippen MR) is 111 cm³/mol. The van der Waals surface area contributed by atoms with Crippen LogP contribution in [0.25, 0.3) is 16.9 Å². The highest BCUT2D eigenvalue weighted by Crippen LogP contribution is 2.30. The first-order chi connectivity index (χ1) is 13.8. The van der Waals surface area contributed by atoms with Crippen LogP contribution in [0, 0.1) is 0 Å². The Morgan fingerprint density at radius 3 is 2.29 bits per heavy atom. The van der Waals surface area contributed by atoms with Crippen LogP contribution in [0.2, 0.25) is 0 Å². The Kier molecular flexibility index (Phi) is 4.02. The number of rotatable bonds is 3. The summed E-state index contributed by atoms with van der Waals surface area (Å²) < 4.78 is 1.76. The van der Waals surface area contributed by atoms with Gasteiger partial charge in [0.2, 0.25) is 0 Å². The molecule has 4 nitrogen and oxygen atoms in total. The maximum absolute atomic E-state index is 13.5. The average Bonchev–Trinajstić information content (AvgIpc) is 3.40. The third kappa shape index (κ3) is 2.79. The molecule has 0 radical (unpaired) electrons. The largest absolute Gasteiger partial charge is 0.306 e. The Balaban J connectivity index is 1.62. The summed E-state index contributed by atoms with van der Waals surface area (Å²) in [5, 5.41) is 4.77. The predicted octanol–water partition coefficient (Wildman–Crippen LogP) is 4.74. The molecule has 3 aromatic carbocycles. The molecule has 4 aromatic rings. The Morgan fingerprint density at radius 1 is 0.821 bits per heavy atom. The van der Waals surface area contributed by atoms with Gasteiger partial charge in [0.15, 0.2) is 0 Å². The van der Waals surface area contributed by atoms with Gasteiger partial charge in [0.25, 0.3) is 5.91 Å². The molecule has 28 heavy (non-hydrogen) atoms. The van der Waals surface area contributed by atoms with Gasteiger partial charge in [-0.1, -0.05) is 66.7 Å². The van der Waals surface area contributed by atoms with E-state index in [9.17, 15) is 4.79 Å². The number of aromatic nitrogens is 2. The second-order valence-corrected chi connectivity index (χ2v) is 6.86. The van der Waals surface area contributed by atoms with Gasteiger partial charge in [-0.3, -0.25) is 4.79 Å². The molecule has 0 unspecified atom stereocenters. The maximum Gasteiger partial charge on any atom is 0.277 e. The minimum atomic E-state index is -0.0246. The van der Waals surface area contributed by atoms with E-state index in [-0.39, 0.29) is 5.91 Å². The molecule has 2 heterocycles. The minimum absolute atomic E-state index is 0.0246. The molecule has 0 spiro atoms. The van der Waals surface area contributed by atoms with Crippen LogP contribution in [-0.2, 0) is 6.42 Å². The minimum Gasteiger partial charge on any atom is -0.306 e. The first kappa shape index (κ1) is 16.5. The summed E-state index contributed by atoms with van der Waals surface area (Å²) in [6.45, 7) is 0.693. The molecule has 0 aliphatic carbocycles. The summed E-state index contributed by atoms with van der Waals surface area (Å²) in [4.78, 5) is 15.4. The fourth-order valence-corrected chi connectivity index (χ4v) is 3.74. The number of hydrogen-bond donors (Lipinski definition) is 0. The molecule has 0 bridgehead atoms. The van der Waals surface area contributed by atoms with Gasteiger partial charge in [-0.15, -0.1) is 0 Å². The van der Waals surface area contributed by atoms with Crippen LogP contribution < -0.4 is 4.90 Å². The SMILES string of the molecule is O=C(c1cc(-c2ccccc2)nn1-c1ccccc1)N1CCc2ccccc21. The third-order valence-electron chi connectivity index (χ3n) is 5.13. The molecule has 0 fully saturated rings. The lowest BCUT2D eigenvalue weighted by Gasteiger charge is -2.18. The van der Waals surface area contributed by atoms with Gasteiger partial charge < -0.3 is 4.90 Å². The van der Waals surface area contributed by atoms with Gasteiger partial charge in [-0.05, 0) is 36.2 Å². The number of para-hydroxylation sites is 2. The van der Waals surface area contributed by atoms with E-state index in [2.05, 4.69) is 6.07 Å². The highest BCUT2D eigenvalue weighted by atomic mass is 16.2. The van der Waals surface area contributed by atoms with Crippen molar-refractivity contribution in [2.24, 2.45) is 0 Å². The molecular formula is C24H19N3O. The second kappa shape index (κ2) is 6.82. The molecule has 1 aromatic heterocycles. The number of anilines is 1. The summed E-state index contributed by atoms with van der Waals surface area (Å²) in [6.07, 6.45) is 0.882. The van der Waals surface area contributed by atoms with E-state index in [0.717, 1.165) is 29.1 Å². The van der Waals surface area contributed by atoms with E-state index in [4.69, 9.17) is 5.10 Å². The molecular weight excluding hydrogens is 346 g/mol. The van der Waals surface area contributed by atoms with Crippen molar-refractivity contribution < 1.29 is 4.79 Å². The number of amides is 1. The Hall–Kier alpha value is -3.66. The van der Waals surface area contributed by atoms with Gasteiger partial charge >= 0.3 is 0 Å². The van der Waals surface area contributed by atoms with Gasteiger partial charge in [0, 0.05) is 17.8 Å². The number of nitrogens with zero attached hydrogens (tertiary/aromatic N) is 3.